The van der Waals surface area contributed by atoms with Crippen molar-refractivity contribution in [3.05, 3.63) is 98.9 Å². The van der Waals surface area contributed by atoms with Crippen molar-refractivity contribution in [3.63, 3.8) is 0 Å². The van der Waals surface area contributed by atoms with Crippen molar-refractivity contribution in [1.29, 1.82) is 0 Å². The Kier molecular flexibility index (Phi) is 5.23. The van der Waals surface area contributed by atoms with Crippen LogP contribution in [0, 0.1) is 12.7 Å². The normalized spacial score (nSPS) is 18.0. The lowest BCUT2D eigenvalue weighted by molar-refractivity contribution is 0.318. The van der Waals surface area contributed by atoms with Crippen LogP contribution in [0.25, 0.3) is 11.8 Å². The number of halogens is 1. The van der Waals surface area contributed by atoms with Crippen molar-refractivity contribution in [2.45, 2.75) is 25.8 Å². The molecule has 2 aromatic carbocycles. The molecule has 4 aromatic rings. The second-order valence-electron chi connectivity index (χ2n) is 8.80. The molecule has 0 amide bonds. The van der Waals surface area contributed by atoms with Crippen molar-refractivity contribution >= 4 is 6.08 Å². The molecule has 3 heterocycles. The molecule has 5 rings (SSSR count). The summed E-state index contributed by atoms with van der Waals surface area (Å²) in [5, 5.41) is 0.516. The summed E-state index contributed by atoms with van der Waals surface area (Å²) in [6.45, 7) is 4.52. The van der Waals surface area contributed by atoms with Gasteiger partial charge in [-0.2, -0.15) is 0 Å². The highest BCUT2D eigenvalue weighted by Crippen LogP contribution is 2.29. The summed E-state index contributed by atoms with van der Waals surface area (Å²) in [4.78, 5) is 22.6. The van der Waals surface area contributed by atoms with Gasteiger partial charge < -0.3 is 13.9 Å². The summed E-state index contributed by atoms with van der Waals surface area (Å²) < 4.78 is 24.6. The maximum Gasteiger partial charge on any atom is 0.278 e. The third-order valence-electron chi connectivity index (χ3n) is 6.59. The van der Waals surface area contributed by atoms with Gasteiger partial charge in [0, 0.05) is 19.8 Å². The lowest BCUT2D eigenvalue weighted by Crippen LogP contribution is -2.49. The van der Waals surface area contributed by atoms with E-state index < -0.39 is 5.54 Å². The molecule has 1 unspecified atom stereocenters. The second-order valence-corrected chi connectivity index (χ2v) is 8.80. The Hall–Kier alpha value is -3.94. The summed E-state index contributed by atoms with van der Waals surface area (Å²) in [5.74, 6) is 0.372. The molecule has 1 aliphatic rings. The molecule has 0 fully saturated rings. The van der Waals surface area contributed by atoms with Gasteiger partial charge in [-0.25, -0.2) is 9.37 Å². The van der Waals surface area contributed by atoms with Crippen molar-refractivity contribution in [1.82, 2.24) is 18.7 Å². The zero-order valence-corrected chi connectivity index (χ0v) is 19.6. The lowest BCUT2D eigenvalue weighted by Gasteiger charge is -2.33. The van der Waals surface area contributed by atoms with Gasteiger partial charge in [-0.05, 0) is 61.7 Å². The van der Waals surface area contributed by atoms with Crippen LogP contribution in [0.4, 0.5) is 4.39 Å². The predicted octanol–water partition coefficient (Wildman–Crippen LogP) is 2.44. The average Bonchev–Trinajstić information content (AvgIpc) is 3.37. The molecule has 2 aromatic heterocycles. The smallest absolute Gasteiger partial charge is 0.278 e. The molecule has 0 spiro atoms. The van der Waals surface area contributed by atoms with E-state index in [1.807, 2.05) is 60.5 Å². The van der Waals surface area contributed by atoms with Crippen LogP contribution in [0.1, 0.15) is 30.2 Å². The minimum atomic E-state index is -0.619. The van der Waals surface area contributed by atoms with Crippen molar-refractivity contribution in [2.75, 3.05) is 13.7 Å². The van der Waals surface area contributed by atoms with Crippen molar-refractivity contribution in [3.8, 4) is 11.4 Å². The van der Waals surface area contributed by atoms with E-state index in [-0.39, 0.29) is 11.4 Å². The highest BCUT2D eigenvalue weighted by molar-refractivity contribution is 5.58. The Bertz CT molecular complexity index is 1560. The van der Waals surface area contributed by atoms with Gasteiger partial charge in [0.15, 0.2) is 0 Å². The van der Waals surface area contributed by atoms with Crippen LogP contribution in [0.15, 0.2) is 64.8 Å². The fourth-order valence-electron chi connectivity index (χ4n) is 4.66. The highest BCUT2D eigenvalue weighted by atomic mass is 19.1. The zero-order chi connectivity index (χ0) is 24.0. The van der Waals surface area contributed by atoms with Crippen LogP contribution in [0.2, 0.25) is 0 Å². The number of aromatic nitrogens is 4. The summed E-state index contributed by atoms with van der Waals surface area (Å²) in [7, 11) is 3.47. The molecular weight excluding hydrogens is 433 g/mol. The number of hydrogen-bond acceptors (Lipinski definition) is 4. The number of rotatable bonds is 4. The maximum atomic E-state index is 13.7. The Labute approximate surface area is 196 Å². The van der Waals surface area contributed by atoms with E-state index in [1.54, 1.807) is 30.1 Å². The summed E-state index contributed by atoms with van der Waals surface area (Å²) in [6, 6.07) is 12.1. The van der Waals surface area contributed by atoms with Crippen LogP contribution in [-0.4, -0.2) is 32.3 Å². The zero-order valence-electron chi connectivity index (χ0n) is 19.6. The van der Waals surface area contributed by atoms with Gasteiger partial charge >= 0.3 is 0 Å². The van der Waals surface area contributed by atoms with Gasteiger partial charge in [0.2, 0.25) is 5.62 Å². The monoisotopic (exact) mass is 459 g/mol. The topological polar surface area (TPSA) is 66.3 Å². The molecule has 34 heavy (non-hydrogen) atoms. The molecule has 1 atom stereocenters. The molecule has 1 aliphatic heterocycles. The van der Waals surface area contributed by atoms with E-state index in [4.69, 9.17) is 4.74 Å². The van der Waals surface area contributed by atoms with Gasteiger partial charge in [-0.3, -0.25) is 14.4 Å². The molecule has 0 N–H and O–H groups in total. The van der Waals surface area contributed by atoms with Gasteiger partial charge in [-0.1, -0.05) is 18.2 Å². The number of fused-ring (bicyclic) bond motifs is 1. The van der Waals surface area contributed by atoms with Crippen molar-refractivity contribution < 1.29 is 9.13 Å². The number of imidazole rings is 2. The maximum absolute atomic E-state index is 13.7. The molecule has 0 saturated carbocycles. The summed E-state index contributed by atoms with van der Waals surface area (Å²) in [6.07, 6.45) is 6.17. The fourth-order valence-corrected chi connectivity index (χ4v) is 4.66. The van der Waals surface area contributed by atoms with Gasteiger partial charge in [0.1, 0.15) is 16.9 Å². The lowest BCUT2D eigenvalue weighted by atomic mass is 9.87. The first-order valence-electron chi connectivity index (χ1n) is 11.1. The van der Waals surface area contributed by atoms with Gasteiger partial charge in [-0.15, -0.1) is 0 Å². The van der Waals surface area contributed by atoms with E-state index in [1.165, 1.54) is 12.1 Å². The molecule has 7 nitrogen and oxygen atoms in total. The fraction of sp³-hybridized carbons (Fsp3) is 0.269. The van der Waals surface area contributed by atoms with E-state index in [2.05, 4.69) is 9.98 Å². The average molecular weight is 460 g/mol. The summed E-state index contributed by atoms with van der Waals surface area (Å²) >= 11 is 0. The van der Waals surface area contributed by atoms with E-state index in [9.17, 15) is 9.18 Å². The minimum absolute atomic E-state index is 0.138. The Morgan fingerprint density at radius 2 is 1.94 bits per heavy atom. The van der Waals surface area contributed by atoms with Crippen LogP contribution >= 0.6 is 0 Å². The largest absolute Gasteiger partial charge is 0.495 e. The number of aryl methyl sites for hydroxylation is 1. The SMILES string of the molecule is COc1cc(C=c2c(=O)n3c(n2C)=NCCC3(C)c2ccc(F)cc2)ccc1-n1cnc(C)c1. The van der Waals surface area contributed by atoms with E-state index in [0.717, 1.165) is 22.5 Å². The third-order valence-corrected chi connectivity index (χ3v) is 6.59. The standard InChI is InChI=1S/C26H26FN5O2/c1-17-15-31(16-29-17)21-10-5-18(14-23(21)34-4)13-22-24(33)32-25(30(22)3)28-12-11-26(32,2)19-6-8-20(27)9-7-19/h5-10,13-16H,11-12H2,1-4H3. The molecular formula is C26H26FN5O2. The second kappa shape index (κ2) is 8.13. The third kappa shape index (κ3) is 3.46. The van der Waals surface area contributed by atoms with Crippen LogP contribution in [0.3, 0.4) is 0 Å². The predicted molar refractivity (Wildman–Crippen MR) is 128 cm³/mol. The Morgan fingerprint density at radius 3 is 2.62 bits per heavy atom. The van der Waals surface area contributed by atoms with Gasteiger partial charge in [0.25, 0.3) is 5.56 Å². The van der Waals surface area contributed by atoms with E-state index >= 15 is 0 Å². The Balaban J connectivity index is 1.66. The van der Waals surface area contributed by atoms with Crippen LogP contribution in [0.5, 0.6) is 5.75 Å². The minimum Gasteiger partial charge on any atom is -0.495 e. The van der Waals surface area contributed by atoms with Crippen LogP contribution < -0.4 is 21.3 Å². The van der Waals surface area contributed by atoms with E-state index in [0.29, 0.717) is 29.7 Å². The molecule has 8 heteroatoms. The molecule has 0 bridgehead atoms. The first-order chi connectivity index (χ1) is 16.3. The first-order valence-corrected chi connectivity index (χ1v) is 11.1. The van der Waals surface area contributed by atoms with Crippen molar-refractivity contribution in [2.24, 2.45) is 12.0 Å². The highest BCUT2D eigenvalue weighted by Gasteiger charge is 2.34. The number of benzene rings is 2. The molecule has 174 valence electrons. The first kappa shape index (κ1) is 21.9. The molecule has 0 aliphatic carbocycles. The summed E-state index contributed by atoms with van der Waals surface area (Å²) in [5.41, 5.74) is 3.33. The van der Waals surface area contributed by atoms with Crippen LogP contribution in [-0.2, 0) is 12.6 Å². The number of methoxy groups -OCH3 is 1. The number of ether oxygens (including phenoxy) is 1. The molecule has 0 saturated heterocycles. The van der Waals surface area contributed by atoms with Gasteiger partial charge in [0.05, 0.1) is 30.4 Å². The Morgan fingerprint density at radius 1 is 1.18 bits per heavy atom. The quantitative estimate of drug-likeness (QED) is 0.471. The number of hydrogen-bond donors (Lipinski definition) is 0. The molecule has 0 radical (unpaired) electrons. The number of nitrogens with zero attached hydrogens (tertiary/aromatic N) is 5.